The van der Waals surface area contributed by atoms with Crippen LogP contribution in [0, 0.1) is 0 Å². The van der Waals surface area contributed by atoms with Crippen LogP contribution in [0.3, 0.4) is 0 Å². The minimum atomic E-state index is -0.413. The summed E-state index contributed by atoms with van der Waals surface area (Å²) in [4.78, 5) is 15.0. The number of hydrogen-bond donors (Lipinski definition) is 3. The Balaban J connectivity index is 0. The van der Waals surface area contributed by atoms with Gasteiger partial charge in [0.1, 0.15) is 5.75 Å². The van der Waals surface area contributed by atoms with Gasteiger partial charge in [-0.05, 0) is 12.1 Å². The second-order valence-corrected chi connectivity index (χ2v) is 2.42. The first-order valence-electron chi connectivity index (χ1n) is 3.88. The summed E-state index contributed by atoms with van der Waals surface area (Å²) in [6.07, 6.45) is 1.44. The molecule has 0 aromatic carbocycles. The van der Waals surface area contributed by atoms with Gasteiger partial charge >= 0.3 is 0 Å². The number of carbonyl (C=O) groups excluding carboxylic acids is 1. The van der Waals surface area contributed by atoms with Crippen molar-refractivity contribution in [3.8, 4) is 5.75 Å². The first kappa shape index (κ1) is 16.4. The Morgan fingerprint density at radius 2 is 2.20 bits per heavy atom. The number of pyridine rings is 1. The van der Waals surface area contributed by atoms with E-state index in [0.717, 1.165) is 0 Å². The van der Waals surface area contributed by atoms with Crippen molar-refractivity contribution in [2.45, 2.75) is 0 Å². The summed E-state index contributed by atoms with van der Waals surface area (Å²) in [5.41, 5.74) is 5.22. The SMILES string of the molecule is Cl.Cl.NCCNC(=O)c1ncccc1O. The number of nitrogens with one attached hydrogen (secondary N) is 1. The number of halogens is 2. The highest BCUT2D eigenvalue weighted by molar-refractivity contribution is 5.94. The average Bonchev–Trinajstić information content (AvgIpc) is 2.15. The van der Waals surface area contributed by atoms with E-state index in [-0.39, 0.29) is 36.3 Å². The second-order valence-electron chi connectivity index (χ2n) is 2.42. The first-order chi connectivity index (χ1) is 6.25. The third-order valence-electron chi connectivity index (χ3n) is 1.43. The van der Waals surface area contributed by atoms with Crippen LogP contribution >= 0.6 is 24.8 Å². The van der Waals surface area contributed by atoms with Crippen LogP contribution < -0.4 is 11.1 Å². The lowest BCUT2D eigenvalue weighted by molar-refractivity contribution is 0.0947. The van der Waals surface area contributed by atoms with E-state index >= 15 is 0 Å². The van der Waals surface area contributed by atoms with Gasteiger partial charge < -0.3 is 16.2 Å². The van der Waals surface area contributed by atoms with Gasteiger partial charge in [0.05, 0.1) is 0 Å². The van der Waals surface area contributed by atoms with Crippen molar-refractivity contribution in [2.24, 2.45) is 5.73 Å². The van der Waals surface area contributed by atoms with Gasteiger partial charge in [-0.25, -0.2) is 4.98 Å². The fraction of sp³-hybridized carbons (Fsp3) is 0.250. The topological polar surface area (TPSA) is 88.2 Å². The Hall–Kier alpha value is -1.04. The van der Waals surface area contributed by atoms with E-state index in [9.17, 15) is 9.90 Å². The van der Waals surface area contributed by atoms with Crippen molar-refractivity contribution in [1.29, 1.82) is 0 Å². The van der Waals surface area contributed by atoms with E-state index < -0.39 is 5.91 Å². The molecule has 5 nitrogen and oxygen atoms in total. The van der Waals surface area contributed by atoms with Crippen LogP contribution in [0.5, 0.6) is 5.75 Å². The fourth-order valence-corrected chi connectivity index (χ4v) is 0.841. The molecule has 0 saturated heterocycles. The maximum Gasteiger partial charge on any atom is 0.273 e. The molecule has 4 N–H and O–H groups in total. The van der Waals surface area contributed by atoms with Gasteiger partial charge in [-0.1, -0.05) is 0 Å². The lowest BCUT2D eigenvalue weighted by atomic mass is 10.3. The van der Waals surface area contributed by atoms with Crippen LogP contribution in [0.4, 0.5) is 0 Å². The van der Waals surface area contributed by atoms with Crippen LogP contribution in [0.25, 0.3) is 0 Å². The molecule has 15 heavy (non-hydrogen) atoms. The monoisotopic (exact) mass is 253 g/mol. The largest absolute Gasteiger partial charge is 0.505 e. The molecule has 0 aliphatic rings. The molecular weight excluding hydrogens is 241 g/mol. The van der Waals surface area contributed by atoms with Gasteiger partial charge in [0.15, 0.2) is 5.69 Å². The zero-order valence-electron chi connectivity index (χ0n) is 7.84. The van der Waals surface area contributed by atoms with Gasteiger partial charge in [-0.2, -0.15) is 0 Å². The van der Waals surface area contributed by atoms with Crippen LogP contribution in [0.1, 0.15) is 10.5 Å². The molecular formula is C8H13Cl2N3O2. The molecule has 0 fully saturated rings. The first-order valence-corrected chi connectivity index (χ1v) is 3.88. The number of carbonyl (C=O) groups is 1. The molecule has 1 aromatic heterocycles. The smallest absolute Gasteiger partial charge is 0.273 e. The van der Waals surface area contributed by atoms with Crippen LogP contribution in [0.15, 0.2) is 18.3 Å². The molecule has 1 aromatic rings. The van der Waals surface area contributed by atoms with Gasteiger partial charge in [0, 0.05) is 19.3 Å². The van der Waals surface area contributed by atoms with Crippen molar-refractivity contribution in [2.75, 3.05) is 13.1 Å². The van der Waals surface area contributed by atoms with Crippen LogP contribution in [-0.4, -0.2) is 29.1 Å². The molecule has 1 rings (SSSR count). The van der Waals surface area contributed by atoms with Crippen molar-refractivity contribution >= 4 is 30.7 Å². The molecule has 0 unspecified atom stereocenters. The Bertz CT molecular complexity index is 310. The predicted octanol–water partition coefficient (Wildman–Crippen LogP) is 0.319. The predicted molar refractivity (Wildman–Crippen MR) is 61.8 cm³/mol. The summed E-state index contributed by atoms with van der Waals surface area (Å²) < 4.78 is 0. The molecule has 1 heterocycles. The zero-order chi connectivity index (χ0) is 9.68. The maximum atomic E-state index is 11.2. The Morgan fingerprint density at radius 1 is 1.53 bits per heavy atom. The van der Waals surface area contributed by atoms with Gasteiger partial charge in [-0.3, -0.25) is 4.79 Å². The third-order valence-corrected chi connectivity index (χ3v) is 1.43. The number of aromatic nitrogens is 1. The van der Waals surface area contributed by atoms with Crippen LogP contribution in [0.2, 0.25) is 0 Å². The van der Waals surface area contributed by atoms with E-state index in [1.807, 2.05) is 0 Å². The summed E-state index contributed by atoms with van der Waals surface area (Å²) in [6, 6.07) is 2.96. The average molecular weight is 254 g/mol. The lowest BCUT2D eigenvalue weighted by Gasteiger charge is -2.03. The molecule has 0 spiro atoms. The van der Waals surface area contributed by atoms with E-state index in [0.29, 0.717) is 13.1 Å². The Kier molecular flexibility index (Phi) is 9.05. The number of nitrogens with zero attached hydrogens (tertiary/aromatic N) is 1. The maximum absolute atomic E-state index is 11.2. The highest BCUT2D eigenvalue weighted by Crippen LogP contribution is 2.11. The fourth-order valence-electron chi connectivity index (χ4n) is 0.841. The zero-order valence-corrected chi connectivity index (χ0v) is 9.48. The van der Waals surface area contributed by atoms with Crippen molar-refractivity contribution < 1.29 is 9.90 Å². The quantitative estimate of drug-likeness (QED) is 0.724. The third kappa shape index (κ3) is 4.83. The summed E-state index contributed by atoms with van der Waals surface area (Å²) in [6.45, 7) is 0.730. The van der Waals surface area contributed by atoms with Gasteiger partial charge in [0.25, 0.3) is 5.91 Å². The van der Waals surface area contributed by atoms with E-state index in [4.69, 9.17) is 5.73 Å². The molecule has 0 aliphatic heterocycles. The highest BCUT2D eigenvalue weighted by atomic mass is 35.5. The minimum Gasteiger partial charge on any atom is -0.505 e. The van der Waals surface area contributed by atoms with Gasteiger partial charge in [-0.15, -0.1) is 24.8 Å². The molecule has 0 saturated carbocycles. The van der Waals surface area contributed by atoms with Crippen molar-refractivity contribution in [3.63, 3.8) is 0 Å². The minimum absolute atomic E-state index is 0. The van der Waals surface area contributed by atoms with E-state index in [1.54, 1.807) is 6.07 Å². The summed E-state index contributed by atoms with van der Waals surface area (Å²) in [5, 5.41) is 11.7. The van der Waals surface area contributed by atoms with E-state index in [1.165, 1.54) is 12.3 Å². The normalized spacial score (nSPS) is 8.33. The van der Waals surface area contributed by atoms with Crippen molar-refractivity contribution in [3.05, 3.63) is 24.0 Å². The standard InChI is InChI=1S/C8H11N3O2.2ClH/c9-3-5-11-8(13)7-6(12)2-1-4-10-7;;/h1-2,4,12H,3,5,9H2,(H,11,13);2*1H. The number of rotatable bonds is 3. The summed E-state index contributed by atoms with van der Waals surface area (Å²) in [7, 11) is 0. The highest BCUT2D eigenvalue weighted by Gasteiger charge is 2.10. The van der Waals surface area contributed by atoms with E-state index in [2.05, 4.69) is 10.3 Å². The molecule has 0 radical (unpaired) electrons. The lowest BCUT2D eigenvalue weighted by Crippen LogP contribution is -2.29. The number of amides is 1. The molecule has 7 heteroatoms. The molecule has 86 valence electrons. The Morgan fingerprint density at radius 3 is 2.73 bits per heavy atom. The second kappa shape index (κ2) is 8.28. The van der Waals surface area contributed by atoms with Crippen LogP contribution in [-0.2, 0) is 0 Å². The molecule has 0 aliphatic carbocycles. The number of aromatic hydroxyl groups is 1. The Labute approximate surface area is 99.9 Å². The summed E-state index contributed by atoms with van der Waals surface area (Å²) >= 11 is 0. The molecule has 1 amide bonds. The summed E-state index contributed by atoms with van der Waals surface area (Å²) in [5.74, 6) is -0.541. The van der Waals surface area contributed by atoms with Gasteiger partial charge in [0.2, 0.25) is 0 Å². The number of nitrogens with two attached hydrogens (primary N) is 1. The number of hydrogen-bond acceptors (Lipinski definition) is 4. The molecule has 0 bridgehead atoms. The van der Waals surface area contributed by atoms with Crippen molar-refractivity contribution in [1.82, 2.24) is 10.3 Å². The molecule has 0 atom stereocenters.